The number of nitrogens with one attached hydrogen (secondary N) is 1. The highest BCUT2D eigenvalue weighted by Crippen LogP contribution is 2.19. The predicted octanol–water partition coefficient (Wildman–Crippen LogP) is 22.4. The van der Waals surface area contributed by atoms with Crippen LogP contribution in [-0.2, 0) is 14.3 Å². The number of amides is 1. The number of ether oxygens (including phenoxy) is 1. The molecule has 2 atom stereocenters. The number of hydrogen-bond donors (Lipinski definition) is 3. The van der Waals surface area contributed by atoms with Crippen molar-refractivity contribution >= 4 is 11.9 Å². The molecule has 6 heteroatoms. The number of allylic oxidation sites excluding steroid dienone is 2. The van der Waals surface area contributed by atoms with E-state index in [0.717, 1.165) is 38.5 Å². The Morgan fingerprint density at radius 1 is 0.355 bits per heavy atom. The molecule has 6 nitrogen and oxygen atoms in total. The summed E-state index contributed by atoms with van der Waals surface area (Å²) in [7, 11) is 0. The van der Waals surface area contributed by atoms with E-state index < -0.39 is 12.1 Å². The lowest BCUT2D eigenvalue weighted by atomic mass is 10.0. The number of aliphatic hydroxyl groups is 2. The fraction of sp³-hybridized carbons (Fsp3) is 0.943. The van der Waals surface area contributed by atoms with Crippen molar-refractivity contribution in [3.63, 3.8) is 0 Å². The number of esters is 1. The summed E-state index contributed by atoms with van der Waals surface area (Å²) < 4.78 is 5.47. The van der Waals surface area contributed by atoms with Gasteiger partial charge >= 0.3 is 5.97 Å². The molecular formula is C70H137NO5. The van der Waals surface area contributed by atoms with Crippen molar-refractivity contribution in [3.05, 3.63) is 12.2 Å². The summed E-state index contributed by atoms with van der Waals surface area (Å²) in [6.45, 7) is 4.99. The molecule has 0 aromatic carbocycles. The lowest BCUT2D eigenvalue weighted by molar-refractivity contribution is -0.143. The molecule has 76 heavy (non-hydrogen) atoms. The Hall–Kier alpha value is -1.40. The van der Waals surface area contributed by atoms with Crippen LogP contribution in [0, 0.1) is 0 Å². The zero-order valence-electron chi connectivity index (χ0n) is 51.8. The molecule has 452 valence electrons. The SMILES string of the molecule is CCCCCCCCCCCCCCCCCCCCCCCCC(O)C(CO)NC(=O)CCCCCCCCCCCC/C=C\CCCCCCCCCCCCCCOC(=O)CCCCCCCCCCCCC. The highest BCUT2D eigenvalue weighted by Gasteiger charge is 2.20. The lowest BCUT2D eigenvalue weighted by Crippen LogP contribution is -2.45. The van der Waals surface area contributed by atoms with E-state index in [2.05, 4.69) is 31.3 Å². The first-order valence-electron chi connectivity index (χ1n) is 34.9. The topological polar surface area (TPSA) is 95.9 Å². The third-order valence-corrected chi connectivity index (χ3v) is 16.6. The van der Waals surface area contributed by atoms with Gasteiger partial charge in [-0.25, -0.2) is 0 Å². The number of aliphatic hydroxyl groups excluding tert-OH is 2. The maximum absolute atomic E-state index is 12.5. The van der Waals surface area contributed by atoms with Gasteiger partial charge in [-0.15, -0.1) is 0 Å². The summed E-state index contributed by atoms with van der Waals surface area (Å²) in [6.07, 6.45) is 81.1. The molecule has 0 aromatic heterocycles. The standard InChI is InChI=1S/C70H137NO5/c1-3-5-7-9-11-13-15-16-17-18-19-20-27-30-33-36-39-43-46-50-54-58-62-68(73)67(66-72)71-69(74)63-59-55-51-47-44-40-37-34-31-28-25-23-21-22-24-26-29-32-35-38-41-45-49-53-57-61-65-76-70(75)64-60-56-52-48-42-14-12-10-8-6-4-2/h21,23,67-68,72-73H,3-20,22,24-66H2,1-2H3,(H,71,74)/b23-21-. The Kier molecular flexibility index (Phi) is 64.9. The van der Waals surface area contributed by atoms with Crippen LogP contribution in [0.15, 0.2) is 12.2 Å². The van der Waals surface area contributed by atoms with Crippen LogP contribution >= 0.6 is 0 Å². The van der Waals surface area contributed by atoms with Crippen LogP contribution in [0.2, 0.25) is 0 Å². The van der Waals surface area contributed by atoms with Gasteiger partial charge in [0.15, 0.2) is 0 Å². The fourth-order valence-corrected chi connectivity index (χ4v) is 11.2. The predicted molar refractivity (Wildman–Crippen MR) is 333 cm³/mol. The summed E-state index contributed by atoms with van der Waals surface area (Å²) in [5.74, 6) is -0.0169. The monoisotopic (exact) mass is 1070 g/mol. The minimum atomic E-state index is -0.666. The molecule has 0 aliphatic carbocycles. The number of rotatable bonds is 66. The van der Waals surface area contributed by atoms with Crippen molar-refractivity contribution in [1.82, 2.24) is 5.32 Å². The van der Waals surface area contributed by atoms with Gasteiger partial charge in [-0.1, -0.05) is 347 Å². The molecule has 0 spiro atoms. The highest BCUT2D eigenvalue weighted by molar-refractivity contribution is 5.76. The van der Waals surface area contributed by atoms with Crippen molar-refractivity contribution in [1.29, 1.82) is 0 Å². The maximum atomic E-state index is 12.5. The van der Waals surface area contributed by atoms with Gasteiger partial charge in [0, 0.05) is 12.8 Å². The van der Waals surface area contributed by atoms with E-state index >= 15 is 0 Å². The third-order valence-electron chi connectivity index (χ3n) is 16.6. The quantitative estimate of drug-likeness (QED) is 0.0320. The minimum absolute atomic E-state index is 0.0150. The molecule has 0 bridgehead atoms. The summed E-state index contributed by atoms with van der Waals surface area (Å²) in [5.41, 5.74) is 0. The Labute approximate surface area is 476 Å². The number of unbranched alkanes of at least 4 members (excludes halogenated alkanes) is 53. The zero-order chi connectivity index (χ0) is 55.0. The van der Waals surface area contributed by atoms with Crippen molar-refractivity contribution in [2.45, 2.75) is 411 Å². The molecule has 0 aliphatic rings. The van der Waals surface area contributed by atoms with Crippen LogP contribution in [-0.4, -0.2) is 47.4 Å². The normalized spacial score (nSPS) is 12.5. The van der Waals surface area contributed by atoms with Crippen LogP contribution in [0.5, 0.6) is 0 Å². The molecule has 0 radical (unpaired) electrons. The van der Waals surface area contributed by atoms with E-state index in [0.29, 0.717) is 25.9 Å². The summed E-state index contributed by atoms with van der Waals surface area (Å²) in [4.78, 5) is 24.6. The zero-order valence-corrected chi connectivity index (χ0v) is 51.8. The third kappa shape index (κ3) is 61.8. The van der Waals surface area contributed by atoms with Crippen LogP contribution in [0.1, 0.15) is 399 Å². The van der Waals surface area contributed by atoms with Gasteiger partial charge in [0.2, 0.25) is 5.91 Å². The summed E-state index contributed by atoms with van der Waals surface area (Å²) >= 11 is 0. The van der Waals surface area contributed by atoms with Crippen molar-refractivity contribution in [2.75, 3.05) is 13.2 Å². The van der Waals surface area contributed by atoms with Crippen LogP contribution in [0.4, 0.5) is 0 Å². The van der Waals surface area contributed by atoms with E-state index in [1.807, 2.05) is 0 Å². The molecule has 0 saturated carbocycles. The second-order valence-electron chi connectivity index (χ2n) is 24.2. The molecule has 0 aromatic rings. The number of carbonyl (C=O) groups excluding carboxylic acids is 2. The first kappa shape index (κ1) is 74.6. The molecule has 0 heterocycles. The molecule has 0 rings (SSSR count). The smallest absolute Gasteiger partial charge is 0.305 e. The van der Waals surface area contributed by atoms with Crippen molar-refractivity contribution in [2.24, 2.45) is 0 Å². The van der Waals surface area contributed by atoms with Gasteiger partial charge in [0.1, 0.15) is 0 Å². The average molecular weight is 1070 g/mol. The van der Waals surface area contributed by atoms with Crippen LogP contribution < -0.4 is 5.32 Å². The van der Waals surface area contributed by atoms with Gasteiger partial charge in [0.05, 0.1) is 25.4 Å². The van der Waals surface area contributed by atoms with E-state index in [1.54, 1.807) is 0 Å². The Morgan fingerprint density at radius 3 is 0.934 bits per heavy atom. The van der Waals surface area contributed by atoms with Gasteiger partial charge in [0.25, 0.3) is 0 Å². The molecule has 0 fully saturated rings. The number of hydrogen-bond acceptors (Lipinski definition) is 5. The van der Waals surface area contributed by atoms with Gasteiger partial charge < -0.3 is 20.3 Å². The molecule has 3 N–H and O–H groups in total. The second-order valence-corrected chi connectivity index (χ2v) is 24.2. The minimum Gasteiger partial charge on any atom is -0.466 e. The van der Waals surface area contributed by atoms with Crippen molar-refractivity contribution < 1.29 is 24.5 Å². The summed E-state index contributed by atoms with van der Waals surface area (Å²) in [5, 5.41) is 23.4. The molecule has 1 amide bonds. The maximum Gasteiger partial charge on any atom is 0.305 e. The first-order chi connectivity index (χ1) is 37.5. The number of carbonyl (C=O) groups is 2. The molecule has 0 aliphatic heterocycles. The van der Waals surface area contributed by atoms with Crippen molar-refractivity contribution in [3.8, 4) is 0 Å². The van der Waals surface area contributed by atoms with Gasteiger partial charge in [-0.3, -0.25) is 9.59 Å². The Bertz CT molecular complexity index is 1140. The van der Waals surface area contributed by atoms with Gasteiger partial charge in [-0.05, 0) is 51.4 Å². The second kappa shape index (κ2) is 66.1. The fourth-order valence-electron chi connectivity index (χ4n) is 11.2. The van der Waals surface area contributed by atoms with E-state index in [1.165, 1.54) is 327 Å². The molecule has 0 saturated heterocycles. The van der Waals surface area contributed by atoms with Crippen LogP contribution in [0.3, 0.4) is 0 Å². The van der Waals surface area contributed by atoms with E-state index in [4.69, 9.17) is 4.74 Å². The average Bonchev–Trinajstić information content (AvgIpc) is 3.42. The molecular weight excluding hydrogens is 935 g/mol. The Morgan fingerprint density at radius 2 is 0.618 bits per heavy atom. The van der Waals surface area contributed by atoms with Crippen LogP contribution in [0.25, 0.3) is 0 Å². The first-order valence-corrected chi connectivity index (χ1v) is 34.9. The van der Waals surface area contributed by atoms with Gasteiger partial charge in [-0.2, -0.15) is 0 Å². The lowest BCUT2D eigenvalue weighted by Gasteiger charge is -2.22. The Balaban J connectivity index is 3.39. The van der Waals surface area contributed by atoms with E-state index in [9.17, 15) is 19.8 Å². The largest absolute Gasteiger partial charge is 0.466 e. The van der Waals surface area contributed by atoms with E-state index in [-0.39, 0.29) is 18.5 Å². The summed E-state index contributed by atoms with van der Waals surface area (Å²) in [6, 6.07) is -0.543. The molecule has 2 unspecified atom stereocenters. The highest BCUT2D eigenvalue weighted by atomic mass is 16.5.